The van der Waals surface area contributed by atoms with E-state index in [1.165, 1.54) is 0 Å². The molecule has 2 rings (SSSR count). The molecule has 0 aliphatic carbocycles. The SMILES string of the molecule is CNC(=O)C1CNCCN1CC(=O)Nc1nnc(C)o1. The first-order valence-electron chi connectivity index (χ1n) is 6.36. The van der Waals surface area contributed by atoms with Crippen LogP contribution in [-0.2, 0) is 9.59 Å². The topological polar surface area (TPSA) is 112 Å². The van der Waals surface area contributed by atoms with E-state index >= 15 is 0 Å². The molecule has 1 aliphatic rings. The lowest BCUT2D eigenvalue weighted by Crippen LogP contribution is -2.58. The number of hydrogen-bond donors (Lipinski definition) is 3. The van der Waals surface area contributed by atoms with E-state index in [9.17, 15) is 9.59 Å². The number of carbonyl (C=O) groups is 2. The third-order valence-electron chi connectivity index (χ3n) is 3.02. The highest BCUT2D eigenvalue weighted by molar-refractivity contribution is 5.91. The van der Waals surface area contributed by atoms with Gasteiger partial charge >= 0.3 is 6.01 Å². The predicted molar refractivity (Wildman–Crippen MR) is 70.0 cm³/mol. The van der Waals surface area contributed by atoms with Gasteiger partial charge in [-0.15, -0.1) is 5.10 Å². The van der Waals surface area contributed by atoms with Crippen LogP contribution in [0.4, 0.5) is 6.01 Å². The van der Waals surface area contributed by atoms with Gasteiger partial charge in [0.1, 0.15) is 6.04 Å². The fourth-order valence-electron chi connectivity index (χ4n) is 2.05. The lowest BCUT2D eigenvalue weighted by atomic mass is 10.1. The number of rotatable bonds is 4. The number of hydrogen-bond acceptors (Lipinski definition) is 7. The van der Waals surface area contributed by atoms with Gasteiger partial charge in [0, 0.05) is 33.6 Å². The molecule has 0 saturated carbocycles. The molecule has 1 aromatic heterocycles. The van der Waals surface area contributed by atoms with E-state index in [4.69, 9.17) is 4.42 Å². The molecule has 20 heavy (non-hydrogen) atoms. The molecule has 1 aromatic rings. The molecule has 2 amide bonds. The van der Waals surface area contributed by atoms with Crippen molar-refractivity contribution < 1.29 is 14.0 Å². The summed E-state index contributed by atoms with van der Waals surface area (Å²) in [5.74, 6) is -0.0196. The quantitative estimate of drug-likeness (QED) is 0.605. The Balaban J connectivity index is 1.92. The number of likely N-dealkylation sites (N-methyl/N-ethyl adjacent to an activating group) is 1. The van der Waals surface area contributed by atoms with E-state index in [2.05, 4.69) is 26.1 Å². The smallest absolute Gasteiger partial charge is 0.322 e. The highest BCUT2D eigenvalue weighted by Gasteiger charge is 2.29. The zero-order valence-corrected chi connectivity index (χ0v) is 11.5. The molecule has 9 nitrogen and oxygen atoms in total. The Morgan fingerprint density at radius 1 is 1.50 bits per heavy atom. The van der Waals surface area contributed by atoms with Gasteiger partial charge in [-0.05, 0) is 0 Å². The Hall–Kier alpha value is -2.00. The summed E-state index contributed by atoms with van der Waals surface area (Å²) in [6, 6.07) is -0.289. The lowest BCUT2D eigenvalue weighted by Gasteiger charge is -2.34. The Bertz CT molecular complexity index is 488. The highest BCUT2D eigenvalue weighted by atomic mass is 16.4. The third-order valence-corrected chi connectivity index (χ3v) is 3.02. The number of aryl methyl sites for hydroxylation is 1. The molecule has 2 heterocycles. The standard InChI is InChI=1S/C11H18N6O3/c1-7-15-16-11(20-7)14-9(18)6-17-4-3-13-5-8(17)10(19)12-2/h8,13H,3-6H2,1-2H3,(H,12,19)(H,14,16,18). The first-order chi connectivity index (χ1) is 9.60. The first-order valence-corrected chi connectivity index (χ1v) is 6.36. The van der Waals surface area contributed by atoms with E-state index in [1.807, 2.05) is 4.90 Å². The molecule has 0 spiro atoms. The van der Waals surface area contributed by atoms with Gasteiger partial charge in [0.15, 0.2) is 0 Å². The largest absolute Gasteiger partial charge is 0.408 e. The van der Waals surface area contributed by atoms with Crippen molar-refractivity contribution in [2.24, 2.45) is 0 Å². The number of carbonyl (C=O) groups excluding carboxylic acids is 2. The summed E-state index contributed by atoms with van der Waals surface area (Å²) < 4.78 is 5.07. The van der Waals surface area contributed by atoms with Crippen molar-refractivity contribution in [3.8, 4) is 0 Å². The van der Waals surface area contributed by atoms with Crippen LogP contribution < -0.4 is 16.0 Å². The van der Waals surface area contributed by atoms with Gasteiger partial charge in [0.25, 0.3) is 0 Å². The van der Waals surface area contributed by atoms with Crippen LogP contribution in [0.1, 0.15) is 5.89 Å². The van der Waals surface area contributed by atoms with Crippen LogP contribution in [0.3, 0.4) is 0 Å². The Labute approximate surface area is 116 Å². The zero-order chi connectivity index (χ0) is 14.5. The summed E-state index contributed by atoms with van der Waals surface area (Å²) in [5.41, 5.74) is 0. The van der Waals surface area contributed by atoms with E-state index < -0.39 is 0 Å². The van der Waals surface area contributed by atoms with Crippen LogP contribution in [0.2, 0.25) is 0 Å². The molecule has 1 aliphatic heterocycles. The van der Waals surface area contributed by atoms with Gasteiger partial charge in [-0.2, -0.15) is 0 Å². The lowest BCUT2D eigenvalue weighted by molar-refractivity contribution is -0.128. The Morgan fingerprint density at radius 3 is 2.95 bits per heavy atom. The number of amides is 2. The summed E-state index contributed by atoms with van der Waals surface area (Å²) in [6.07, 6.45) is 0. The average Bonchev–Trinajstić information content (AvgIpc) is 2.83. The average molecular weight is 282 g/mol. The Morgan fingerprint density at radius 2 is 2.30 bits per heavy atom. The van der Waals surface area contributed by atoms with E-state index in [0.29, 0.717) is 19.0 Å². The fraction of sp³-hybridized carbons (Fsp3) is 0.636. The van der Waals surface area contributed by atoms with Crippen molar-refractivity contribution in [2.75, 3.05) is 38.5 Å². The van der Waals surface area contributed by atoms with Crippen LogP contribution >= 0.6 is 0 Å². The first kappa shape index (κ1) is 14.4. The van der Waals surface area contributed by atoms with Gasteiger partial charge in [0.2, 0.25) is 17.7 Å². The maximum Gasteiger partial charge on any atom is 0.322 e. The van der Waals surface area contributed by atoms with Crippen LogP contribution in [0.15, 0.2) is 4.42 Å². The van der Waals surface area contributed by atoms with Crippen molar-refractivity contribution >= 4 is 17.8 Å². The normalized spacial score (nSPS) is 19.6. The molecule has 3 N–H and O–H groups in total. The third kappa shape index (κ3) is 3.52. The van der Waals surface area contributed by atoms with Gasteiger partial charge in [-0.3, -0.25) is 19.8 Å². The summed E-state index contributed by atoms with van der Waals surface area (Å²) in [6.45, 7) is 3.61. The Kier molecular flexibility index (Phi) is 4.64. The van der Waals surface area contributed by atoms with Crippen LogP contribution in [0, 0.1) is 6.92 Å². The van der Waals surface area contributed by atoms with Crippen LogP contribution in [0.5, 0.6) is 0 Å². The maximum absolute atomic E-state index is 11.9. The van der Waals surface area contributed by atoms with Crippen LogP contribution in [-0.4, -0.2) is 66.2 Å². The molecule has 0 aromatic carbocycles. The monoisotopic (exact) mass is 282 g/mol. The highest BCUT2D eigenvalue weighted by Crippen LogP contribution is 2.06. The summed E-state index contributed by atoms with van der Waals surface area (Å²) in [7, 11) is 1.58. The van der Waals surface area contributed by atoms with E-state index in [0.717, 1.165) is 6.54 Å². The molecular weight excluding hydrogens is 264 g/mol. The molecule has 110 valence electrons. The molecule has 1 fully saturated rings. The van der Waals surface area contributed by atoms with Crippen LogP contribution in [0.25, 0.3) is 0 Å². The molecule has 0 radical (unpaired) electrons. The number of anilines is 1. The molecule has 0 bridgehead atoms. The minimum atomic E-state index is -0.357. The van der Waals surface area contributed by atoms with Gasteiger partial charge in [-0.1, -0.05) is 5.10 Å². The van der Waals surface area contributed by atoms with Crippen molar-refractivity contribution in [1.29, 1.82) is 0 Å². The van der Waals surface area contributed by atoms with Crippen molar-refractivity contribution in [3.63, 3.8) is 0 Å². The summed E-state index contributed by atoms with van der Waals surface area (Å²) in [5, 5.41) is 15.6. The van der Waals surface area contributed by atoms with Crippen molar-refractivity contribution in [1.82, 2.24) is 25.7 Å². The van der Waals surface area contributed by atoms with Gasteiger partial charge in [-0.25, -0.2) is 0 Å². The van der Waals surface area contributed by atoms with E-state index in [-0.39, 0.29) is 30.4 Å². The van der Waals surface area contributed by atoms with Gasteiger partial charge < -0.3 is 15.1 Å². The molecule has 9 heteroatoms. The molecule has 1 unspecified atom stereocenters. The van der Waals surface area contributed by atoms with Crippen molar-refractivity contribution in [3.05, 3.63) is 5.89 Å². The second-order valence-corrected chi connectivity index (χ2v) is 4.48. The van der Waals surface area contributed by atoms with Gasteiger partial charge in [0.05, 0.1) is 6.54 Å². The molecule has 1 atom stereocenters. The summed E-state index contributed by atoms with van der Waals surface area (Å²) in [4.78, 5) is 25.5. The number of piperazine rings is 1. The second kappa shape index (κ2) is 6.44. The minimum Gasteiger partial charge on any atom is -0.408 e. The maximum atomic E-state index is 11.9. The predicted octanol–water partition coefficient (Wildman–Crippen LogP) is -1.66. The molecule has 1 saturated heterocycles. The second-order valence-electron chi connectivity index (χ2n) is 4.48. The zero-order valence-electron chi connectivity index (χ0n) is 11.5. The fourth-order valence-corrected chi connectivity index (χ4v) is 2.05. The number of nitrogens with one attached hydrogen (secondary N) is 3. The van der Waals surface area contributed by atoms with E-state index in [1.54, 1.807) is 14.0 Å². The van der Waals surface area contributed by atoms with Crippen molar-refractivity contribution in [2.45, 2.75) is 13.0 Å². The number of aromatic nitrogens is 2. The molecular formula is C11H18N6O3. The number of nitrogens with zero attached hydrogens (tertiary/aromatic N) is 3. The summed E-state index contributed by atoms with van der Waals surface area (Å²) >= 11 is 0. The minimum absolute atomic E-state index is 0.0686.